The molecular weight excluding hydrogens is 555 g/mol. The molecule has 0 aliphatic heterocycles. The number of aromatic hydroxyl groups is 1. The standard InChI is InChI=1S/C32H29FN4O4S/c1-34-31(38)26-17-27-25(18-28(26)42(40,41)24-15-11-22(33)12-16-24)29(32(39)36-27)30(21-7-5-4-6-8-21)35-23-13-9-20(10-14-23)19-37(2)3/h4-18,36,39H,19H2,1-3H3,(H,34,38). The number of aromatic amines is 1. The maximum atomic E-state index is 13.8. The van der Waals surface area contributed by atoms with E-state index >= 15 is 0 Å². The number of aromatic nitrogens is 1. The molecule has 1 aromatic heterocycles. The number of H-pyrrole nitrogens is 1. The Balaban J connectivity index is 1.76. The Labute approximate surface area is 243 Å². The summed E-state index contributed by atoms with van der Waals surface area (Å²) in [5.74, 6) is -1.47. The van der Waals surface area contributed by atoms with E-state index in [-0.39, 0.29) is 26.8 Å². The predicted molar refractivity (Wildman–Crippen MR) is 161 cm³/mol. The van der Waals surface area contributed by atoms with Crippen LogP contribution in [-0.4, -0.2) is 56.2 Å². The first-order valence-electron chi connectivity index (χ1n) is 13.1. The van der Waals surface area contributed by atoms with E-state index in [0.717, 1.165) is 36.4 Å². The third-order valence-corrected chi connectivity index (χ3v) is 8.53. The summed E-state index contributed by atoms with van der Waals surface area (Å²) in [7, 11) is 1.09. The van der Waals surface area contributed by atoms with Crippen molar-refractivity contribution in [3.05, 3.63) is 119 Å². The molecule has 0 aliphatic rings. The third kappa shape index (κ3) is 5.67. The first-order chi connectivity index (χ1) is 20.1. The van der Waals surface area contributed by atoms with Gasteiger partial charge in [-0.25, -0.2) is 17.8 Å². The van der Waals surface area contributed by atoms with Crippen molar-refractivity contribution in [2.24, 2.45) is 4.99 Å². The number of hydrogen-bond acceptors (Lipinski definition) is 6. The number of amides is 1. The minimum absolute atomic E-state index is 0.128. The monoisotopic (exact) mass is 584 g/mol. The molecule has 0 bridgehead atoms. The molecule has 10 heteroatoms. The third-order valence-electron chi connectivity index (χ3n) is 6.72. The van der Waals surface area contributed by atoms with Gasteiger partial charge in [0.2, 0.25) is 9.84 Å². The van der Waals surface area contributed by atoms with Crippen molar-refractivity contribution < 1.29 is 22.7 Å². The van der Waals surface area contributed by atoms with Crippen LogP contribution in [0.5, 0.6) is 5.88 Å². The number of carbonyl (C=O) groups excluding carboxylic acids is 1. The molecule has 1 amide bonds. The Hall–Kier alpha value is -4.80. The van der Waals surface area contributed by atoms with Crippen LogP contribution >= 0.6 is 0 Å². The molecule has 0 fully saturated rings. The second kappa shape index (κ2) is 11.6. The lowest BCUT2D eigenvalue weighted by Gasteiger charge is -2.12. The lowest BCUT2D eigenvalue weighted by molar-refractivity contribution is 0.0960. The molecule has 8 nitrogen and oxygen atoms in total. The fourth-order valence-corrected chi connectivity index (χ4v) is 6.22. The number of aliphatic imine (C=N–C) groups is 1. The fourth-order valence-electron chi connectivity index (χ4n) is 4.75. The smallest absolute Gasteiger partial charge is 0.252 e. The van der Waals surface area contributed by atoms with Crippen LogP contribution in [0.25, 0.3) is 10.9 Å². The Morgan fingerprint density at radius 1 is 0.976 bits per heavy atom. The minimum Gasteiger partial charge on any atom is -0.494 e. The van der Waals surface area contributed by atoms with E-state index in [1.807, 2.05) is 68.7 Å². The number of sulfone groups is 1. The molecular formula is C32H29FN4O4S. The zero-order valence-corrected chi connectivity index (χ0v) is 24.0. The van der Waals surface area contributed by atoms with Gasteiger partial charge in [0, 0.05) is 30.1 Å². The van der Waals surface area contributed by atoms with Crippen LogP contribution in [-0.2, 0) is 16.4 Å². The van der Waals surface area contributed by atoms with Crippen LogP contribution in [0.1, 0.15) is 27.0 Å². The Kier molecular flexibility index (Phi) is 7.93. The van der Waals surface area contributed by atoms with Gasteiger partial charge in [-0.15, -0.1) is 0 Å². The molecule has 0 saturated carbocycles. The SMILES string of the molecule is CNC(=O)c1cc2[nH]c(O)c(C(=Nc3ccc(CN(C)C)cc3)c3ccccc3)c2cc1S(=O)(=O)c1ccc(F)cc1. The lowest BCUT2D eigenvalue weighted by Crippen LogP contribution is -2.21. The quantitative estimate of drug-likeness (QED) is 0.166. The molecule has 0 unspecified atom stereocenters. The van der Waals surface area contributed by atoms with Crippen molar-refractivity contribution in [2.75, 3.05) is 21.1 Å². The molecule has 5 rings (SSSR count). The van der Waals surface area contributed by atoms with Gasteiger partial charge < -0.3 is 20.3 Å². The molecule has 1 heterocycles. The fraction of sp³-hybridized carbons (Fsp3) is 0.125. The van der Waals surface area contributed by atoms with Crippen LogP contribution < -0.4 is 5.32 Å². The van der Waals surface area contributed by atoms with E-state index in [1.165, 1.54) is 19.2 Å². The first-order valence-corrected chi connectivity index (χ1v) is 14.6. The number of benzene rings is 4. The Bertz CT molecular complexity index is 1900. The topological polar surface area (TPSA) is 115 Å². The van der Waals surface area contributed by atoms with Crippen LogP contribution in [0.15, 0.2) is 106 Å². The summed E-state index contributed by atoms with van der Waals surface area (Å²) in [5, 5.41) is 14.0. The molecule has 214 valence electrons. The van der Waals surface area contributed by atoms with E-state index in [4.69, 9.17) is 4.99 Å². The van der Waals surface area contributed by atoms with Crippen molar-refractivity contribution in [1.82, 2.24) is 15.2 Å². The van der Waals surface area contributed by atoms with Crippen molar-refractivity contribution in [2.45, 2.75) is 16.3 Å². The van der Waals surface area contributed by atoms with Crippen molar-refractivity contribution in [3.8, 4) is 5.88 Å². The van der Waals surface area contributed by atoms with Gasteiger partial charge in [-0.3, -0.25) is 4.79 Å². The van der Waals surface area contributed by atoms with E-state index in [2.05, 4.69) is 15.2 Å². The first kappa shape index (κ1) is 28.7. The number of hydrogen-bond donors (Lipinski definition) is 3. The molecule has 3 N–H and O–H groups in total. The molecule has 5 aromatic rings. The van der Waals surface area contributed by atoms with Crippen molar-refractivity contribution in [1.29, 1.82) is 0 Å². The summed E-state index contributed by atoms with van der Waals surface area (Å²) in [5.41, 5.74) is 3.30. The Morgan fingerprint density at radius 2 is 1.64 bits per heavy atom. The number of nitrogens with zero attached hydrogens (tertiary/aromatic N) is 2. The maximum absolute atomic E-state index is 13.8. The van der Waals surface area contributed by atoms with Crippen molar-refractivity contribution >= 4 is 38.0 Å². The normalized spacial score (nSPS) is 12.2. The van der Waals surface area contributed by atoms with Crippen LogP contribution in [0, 0.1) is 5.82 Å². The summed E-state index contributed by atoms with van der Waals surface area (Å²) in [6, 6.07) is 24.0. The van der Waals surface area contributed by atoms with Gasteiger partial charge in [-0.05, 0) is 68.2 Å². The number of halogens is 1. The van der Waals surface area contributed by atoms with Gasteiger partial charge in [-0.2, -0.15) is 0 Å². The number of rotatable bonds is 8. The average molecular weight is 585 g/mol. The summed E-state index contributed by atoms with van der Waals surface area (Å²) >= 11 is 0. The van der Waals surface area contributed by atoms with E-state index in [9.17, 15) is 22.7 Å². The summed E-state index contributed by atoms with van der Waals surface area (Å²) in [4.78, 5) is 22.2. The van der Waals surface area contributed by atoms with Gasteiger partial charge in [0.05, 0.1) is 32.3 Å². The van der Waals surface area contributed by atoms with E-state index in [1.54, 1.807) is 0 Å². The second-order valence-electron chi connectivity index (χ2n) is 10.0. The highest BCUT2D eigenvalue weighted by atomic mass is 32.2. The number of carbonyl (C=O) groups is 1. The minimum atomic E-state index is -4.27. The lowest BCUT2D eigenvalue weighted by atomic mass is 10.00. The van der Waals surface area contributed by atoms with E-state index < -0.39 is 21.6 Å². The second-order valence-corrected chi connectivity index (χ2v) is 11.9. The summed E-state index contributed by atoms with van der Waals surface area (Å²) in [6.07, 6.45) is 0. The van der Waals surface area contributed by atoms with Gasteiger partial charge in [0.15, 0.2) is 5.88 Å². The highest BCUT2D eigenvalue weighted by Gasteiger charge is 2.28. The highest BCUT2D eigenvalue weighted by Crippen LogP contribution is 2.36. The predicted octanol–water partition coefficient (Wildman–Crippen LogP) is 5.44. The number of fused-ring (bicyclic) bond motifs is 1. The molecule has 0 saturated heterocycles. The zero-order valence-electron chi connectivity index (χ0n) is 23.2. The zero-order chi connectivity index (χ0) is 30.0. The Morgan fingerprint density at radius 3 is 2.26 bits per heavy atom. The van der Waals surface area contributed by atoms with Gasteiger partial charge in [-0.1, -0.05) is 42.5 Å². The summed E-state index contributed by atoms with van der Waals surface area (Å²) < 4.78 is 41.2. The van der Waals surface area contributed by atoms with Gasteiger partial charge in [0.1, 0.15) is 5.82 Å². The largest absolute Gasteiger partial charge is 0.494 e. The van der Waals surface area contributed by atoms with Crippen LogP contribution in [0.3, 0.4) is 0 Å². The number of nitrogens with one attached hydrogen (secondary N) is 2. The maximum Gasteiger partial charge on any atom is 0.252 e. The van der Waals surface area contributed by atoms with Gasteiger partial charge in [0.25, 0.3) is 5.91 Å². The molecule has 0 radical (unpaired) electrons. The molecule has 4 aromatic carbocycles. The molecule has 0 spiro atoms. The average Bonchev–Trinajstić information content (AvgIpc) is 3.30. The van der Waals surface area contributed by atoms with Crippen LogP contribution in [0.4, 0.5) is 10.1 Å². The van der Waals surface area contributed by atoms with Crippen molar-refractivity contribution in [3.63, 3.8) is 0 Å². The molecule has 0 atom stereocenters. The summed E-state index contributed by atoms with van der Waals surface area (Å²) in [6.45, 7) is 0.762. The van der Waals surface area contributed by atoms with Gasteiger partial charge >= 0.3 is 0 Å². The molecule has 0 aliphatic carbocycles. The molecule has 42 heavy (non-hydrogen) atoms. The highest BCUT2D eigenvalue weighted by molar-refractivity contribution is 7.91. The van der Waals surface area contributed by atoms with E-state index in [0.29, 0.717) is 27.9 Å². The van der Waals surface area contributed by atoms with Crippen LogP contribution in [0.2, 0.25) is 0 Å².